The van der Waals surface area contributed by atoms with Gasteiger partial charge in [0.1, 0.15) is 4.88 Å². The maximum atomic E-state index is 12.5. The molecular weight excluding hydrogens is 339 g/mol. The molecule has 0 radical (unpaired) electrons. The lowest BCUT2D eigenvalue weighted by Crippen LogP contribution is -2.11. The summed E-state index contributed by atoms with van der Waals surface area (Å²) in [4.78, 5) is 17.2. The SMILES string of the molecule is O=C(Nc1cccc(Cl)c1)c1sc(Cl)nc1-c1ccccc1. The Bertz CT molecular complexity index is 818. The van der Waals surface area contributed by atoms with Gasteiger partial charge >= 0.3 is 0 Å². The van der Waals surface area contributed by atoms with Crippen LogP contribution in [0.2, 0.25) is 9.49 Å². The summed E-state index contributed by atoms with van der Waals surface area (Å²) in [6, 6.07) is 16.4. The minimum absolute atomic E-state index is 0.259. The second-order valence-electron chi connectivity index (χ2n) is 4.48. The van der Waals surface area contributed by atoms with Gasteiger partial charge in [-0.15, -0.1) is 0 Å². The van der Waals surface area contributed by atoms with E-state index in [1.165, 1.54) is 0 Å². The Kier molecular flexibility index (Phi) is 4.43. The first kappa shape index (κ1) is 15.0. The van der Waals surface area contributed by atoms with E-state index in [0.29, 0.717) is 25.7 Å². The van der Waals surface area contributed by atoms with Crippen LogP contribution < -0.4 is 5.32 Å². The predicted molar refractivity (Wildman–Crippen MR) is 92.0 cm³/mol. The van der Waals surface area contributed by atoms with Crippen molar-refractivity contribution in [1.29, 1.82) is 0 Å². The van der Waals surface area contributed by atoms with E-state index in [4.69, 9.17) is 23.2 Å². The first-order valence-corrected chi connectivity index (χ1v) is 7.99. The van der Waals surface area contributed by atoms with Crippen LogP contribution in [0.25, 0.3) is 11.3 Å². The van der Waals surface area contributed by atoms with Crippen molar-refractivity contribution >= 4 is 46.1 Å². The van der Waals surface area contributed by atoms with Crippen molar-refractivity contribution in [3.63, 3.8) is 0 Å². The molecule has 0 aliphatic heterocycles. The number of benzene rings is 2. The molecule has 1 N–H and O–H groups in total. The van der Waals surface area contributed by atoms with E-state index in [1.54, 1.807) is 24.3 Å². The van der Waals surface area contributed by atoms with E-state index in [9.17, 15) is 4.79 Å². The minimum Gasteiger partial charge on any atom is -0.321 e. The average Bonchev–Trinajstić information content (AvgIpc) is 2.90. The Labute approximate surface area is 141 Å². The molecule has 0 saturated heterocycles. The van der Waals surface area contributed by atoms with Gasteiger partial charge in [-0.2, -0.15) is 0 Å². The largest absolute Gasteiger partial charge is 0.321 e. The first-order valence-electron chi connectivity index (χ1n) is 6.42. The highest BCUT2D eigenvalue weighted by Gasteiger charge is 2.19. The van der Waals surface area contributed by atoms with Gasteiger partial charge in [0.25, 0.3) is 5.91 Å². The number of nitrogens with one attached hydrogen (secondary N) is 1. The standard InChI is InChI=1S/C16H10Cl2N2OS/c17-11-7-4-8-12(9-11)19-15(21)14-13(20-16(18)22-14)10-5-2-1-3-6-10/h1-9H,(H,19,21). The highest BCUT2D eigenvalue weighted by Crippen LogP contribution is 2.31. The van der Waals surface area contributed by atoms with Crippen LogP contribution in [-0.2, 0) is 0 Å². The molecule has 1 heterocycles. The average molecular weight is 349 g/mol. The number of carbonyl (C=O) groups excluding carboxylic acids is 1. The zero-order chi connectivity index (χ0) is 15.5. The zero-order valence-electron chi connectivity index (χ0n) is 11.2. The summed E-state index contributed by atoms with van der Waals surface area (Å²) in [5.41, 5.74) is 2.05. The third-order valence-electron chi connectivity index (χ3n) is 2.94. The molecule has 0 saturated carbocycles. The number of hydrogen-bond donors (Lipinski definition) is 1. The first-order chi connectivity index (χ1) is 10.6. The fraction of sp³-hybridized carbons (Fsp3) is 0. The van der Waals surface area contributed by atoms with Crippen LogP contribution in [0.15, 0.2) is 54.6 Å². The molecule has 0 bridgehead atoms. The molecule has 0 aliphatic carbocycles. The van der Waals surface area contributed by atoms with Crippen LogP contribution in [0, 0.1) is 0 Å². The highest BCUT2D eigenvalue weighted by atomic mass is 35.5. The molecule has 0 atom stereocenters. The van der Waals surface area contributed by atoms with Gasteiger partial charge < -0.3 is 5.32 Å². The van der Waals surface area contributed by atoms with Gasteiger partial charge in [0.15, 0.2) is 4.47 Å². The smallest absolute Gasteiger partial charge is 0.268 e. The molecule has 0 spiro atoms. The van der Waals surface area contributed by atoms with Crippen molar-refractivity contribution in [2.45, 2.75) is 0 Å². The summed E-state index contributed by atoms with van der Waals surface area (Å²) in [7, 11) is 0. The minimum atomic E-state index is -0.259. The molecular formula is C16H10Cl2N2OS. The Balaban J connectivity index is 1.93. The fourth-order valence-electron chi connectivity index (χ4n) is 1.99. The number of carbonyl (C=O) groups is 1. The van der Waals surface area contributed by atoms with E-state index in [0.717, 1.165) is 16.9 Å². The lowest BCUT2D eigenvalue weighted by molar-refractivity contribution is 0.103. The summed E-state index contributed by atoms with van der Waals surface area (Å²) >= 11 is 13.1. The summed E-state index contributed by atoms with van der Waals surface area (Å²) in [5.74, 6) is -0.259. The molecule has 110 valence electrons. The molecule has 3 rings (SSSR count). The van der Waals surface area contributed by atoms with Gasteiger partial charge in [0, 0.05) is 16.3 Å². The van der Waals surface area contributed by atoms with E-state index in [-0.39, 0.29) is 5.91 Å². The molecule has 22 heavy (non-hydrogen) atoms. The third kappa shape index (κ3) is 3.30. The molecule has 0 aliphatic rings. The lowest BCUT2D eigenvalue weighted by atomic mass is 10.1. The molecule has 6 heteroatoms. The van der Waals surface area contributed by atoms with Crippen LogP contribution in [0.4, 0.5) is 5.69 Å². The van der Waals surface area contributed by atoms with Gasteiger partial charge in [-0.25, -0.2) is 4.98 Å². The van der Waals surface area contributed by atoms with Crippen LogP contribution in [0.3, 0.4) is 0 Å². The third-order valence-corrected chi connectivity index (χ3v) is 4.33. The molecule has 3 nitrogen and oxygen atoms in total. The number of rotatable bonds is 3. The van der Waals surface area contributed by atoms with Gasteiger partial charge in [-0.3, -0.25) is 4.79 Å². The summed E-state index contributed by atoms with van der Waals surface area (Å²) in [5, 5.41) is 3.37. The Morgan fingerprint density at radius 2 is 1.82 bits per heavy atom. The van der Waals surface area contributed by atoms with E-state index in [1.807, 2.05) is 30.3 Å². The van der Waals surface area contributed by atoms with E-state index < -0.39 is 0 Å². The van der Waals surface area contributed by atoms with Crippen LogP contribution in [0.5, 0.6) is 0 Å². The molecule has 0 unspecified atom stereocenters. The summed E-state index contributed by atoms with van der Waals surface area (Å²) in [6.07, 6.45) is 0. The van der Waals surface area contributed by atoms with Crippen molar-refractivity contribution in [2.75, 3.05) is 5.32 Å². The normalized spacial score (nSPS) is 10.5. The van der Waals surface area contributed by atoms with Crippen LogP contribution >= 0.6 is 34.5 Å². The Hall–Kier alpha value is -1.88. The number of thiazole rings is 1. The second-order valence-corrected chi connectivity index (χ2v) is 6.49. The quantitative estimate of drug-likeness (QED) is 0.691. The molecule has 1 amide bonds. The van der Waals surface area contributed by atoms with Crippen molar-refractivity contribution < 1.29 is 4.79 Å². The fourth-order valence-corrected chi connectivity index (χ4v) is 3.21. The maximum absolute atomic E-state index is 12.5. The highest BCUT2D eigenvalue weighted by molar-refractivity contribution is 7.18. The molecule has 3 aromatic rings. The maximum Gasteiger partial charge on any atom is 0.268 e. The summed E-state index contributed by atoms with van der Waals surface area (Å²) < 4.78 is 0.329. The van der Waals surface area contributed by atoms with Crippen LogP contribution in [0.1, 0.15) is 9.67 Å². The van der Waals surface area contributed by atoms with Gasteiger partial charge in [0.2, 0.25) is 0 Å². The van der Waals surface area contributed by atoms with E-state index in [2.05, 4.69) is 10.3 Å². The Morgan fingerprint density at radius 3 is 2.55 bits per heavy atom. The summed E-state index contributed by atoms with van der Waals surface area (Å²) in [6.45, 7) is 0. The number of amides is 1. The zero-order valence-corrected chi connectivity index (χ0v) is 13.5. The predicted octanol–water partition coefficient (Wildman–Crippen LogP) is 5.37. The topological polar surface area (TPSA) is 42.0 Å². The monoisotopic (exact) mass is 348 g/mol. The van der Waals surface area contributed by atoms with Crippen molar-refractivity contribution in [3.8, 4) is 11.3 Å². The van der Waals surface area contributed by atoms with Crippen molar-refractivity contribution in [1.82, 2.24) is 4.98 Å². The molecule has 1 aromatic heterocycles. The number of anilines is 1. The molecule has 2 aromatic carbocycles. The number of halogens is 2. The van der Waals surface area contributed by atoms with Crippen molar-refractivity contribution in [2.24, 2.45) is 0 Å². The van der Waals surface area contributed by atoms with Gasteiger partial charge in [0.05, 0.1) is 5.69 Å². The van der Waals surface area contributed by atoms with Crippen molar-refractivity contribution in [3.05, 3.63) is 69.0 Å². The molecule has 0 fully saturated rings. The second kappa shape index (κ2) is 6.48. The Morgan fingerprint density at radius 1 is 1.05 bits per heavy atom. The number of hydrogen-bond acceptors (Lipinski definition) is 3. The van der Waals surface area contributed by atoms with Crippen LogP contribution in [-0.4, -0.2) is 10.9 Å². The van der Waals surface area contributed by atoms with Gasteiger partial charge in [-0.1, -0.05) is 70.9 Å². The number of aromatic nitrogens is 1. The number of nitrogens with zero attached hydrogens (tertiary/aromatic N) is 1. The lowest BCUT2D eigenvalue weighted by Gasteiger charge is -2.05. The van der Waals surface area contributed by atoms with E-state index >= 15 is 0 Å². The van der Waals surface area contributed by atoms with Gasteiger partial charge in [-0.05, 0) is 18.2 Å².